The zero-order valence-corrected chi connectivity index (χ0v) is 11.6. The summed E-state index contributed by atoms with van der Waals surface area (Å²) in [4.78, 5) is 17.2. The Kier molecular flexibility index (Phi) is 3.40. The number of hydrogen-bond donors (Lipinski definition) is 2. The number of aromatic nitrogens is 1. The molecule has 1 aliphatic rings. The molecule has 98 valence electrons. The second kappa shape index (κ2) is 5.19. The van der Waals surface area contributed by atoms with Crippen LogP contribution in [0.25, 0.3) is 0 Å². The minimum absolute atomic E-state index is 0.293. The van der Waals surface area contributed by atoms with Gasteiger partial charge in [0.15, 0.2) is 5.13 Å². The Bertz CT molecular complexity index is 592. The minimum Gasteiger partial charge on any atom is -0.308 e. The normalized spacial score (nSPS) is 14.2. The number of nitrogens with zero attached hydrogens (tertiary/aromatic N) is 1. The number of carbonyl (C=O) groups is 1. The number of anilines is 2. The first-order valence-corrected chi connectivity index (χ1v) is 7.19. The van der Waals surface area contributed by atoms with Crippen molar-refractivity contribution >= 4 is 39.8 Å². The number of halogens is 1. The van der Waals surface area contributed by atoms with Crippen LogP contribution in [-0.2, 0) is 0 Å². The maximum absolute atomic E-state index is 11.8. The first-order valence-electron chi connectivity index (χ1n) is 6.00. The Morgan fingerprint density at radius 1 is 1.26 bits per heavy atom. The van der Waals surface area contributed by atoms with E-state index in [1.165, 1.54) is 17.7 Å². The Hall–Kier alpha value is -1.59. The fourth-order valence-corrected chi connectivity index (χ4v) is 2.80. The van der Waals surface area contributed by atoms with Gasteiger partial charge in [0, 0.05) is 21.8 Å². The van der Waals surface area contributed by atoms with Crippen molar-refractivity contribution in [2.24, 2.45) is 0 Å². The molecule has 1 aliphatic carbocycles. The van der Waals surface area contributed by atoms with Crippen molar-refractivity contribution in [2.75, 3.05) is 10.6 Å². The molecule has 1 saturated carbocycles. The van der Waals surface area contributed by atoms with Crippen LogP contribution in [0.15, 0.2) is 30.5 Å². The number of thiazole rings is 1. The molecule has 1 fully saturated rings. The van der Waals surface area contributed by atoms with Crippen molar-refractivity contribution in [3.8, 4) is 0 Å². The minimum atomic E-state index is -0.293. The van der Waals surface area contributed by atoms with Gasteiger partial charge in [0.25, 0.3) is 0 Å². The third kappa shape index (κ3) is 3.24. The number of rotatable bonds is 3. The third-order valence-corrected chi connectivity index (χ3v) is 4.15. The molecule has 0 aliphatic heterocycles. The van der Waals surface area contributed by atoms with Gasteiger partial charge in [-0.15, -0.1) is 11.3 Å². The lowest BCUT2D eigenvalue weighted by Gasteiger charge is -2.05. The standard InChI is InChI=1S/C13H12ClN3OS/c14-9-3-5-10(6-4-9)16-12(18)17-13-15-7-11(19-13)8-1-2-8/h3-8H,1-2H2,(H2,15,16,17,18). The molecule has 1 aromatic carbocycles. The lowest BCUT2D eigenvalue weighted by Crippen LogP contribution is -2.19. The number of carbonyl (C=O) groups excluding carboxylic acids is 1. The number of urea groups is 1. The van der Waals surface area contributed by atoms with Crippen LogP contribution in [0.5, 0.6) is 0 Å². The largest absolute Gasteiger partial charge is 0.325 e. The summed E-state index contributed by atoms with van der Waals surface area (Å²) >= 11 is 7.32. The van der Waals surface area contributed by atoms with Crippen LogP contribution in [0.1, 0.15) is 23.6 Å². The lowest BCUT2D eigenvalue weighted by atomic mass is 10.3. The summed E-state index contributed by atoms with van der Waals surface area (Å²) in [5.74, 6) is 0.660. The van der Waals surface area contributed by atoms with Gasteiger partial charge in [-0.05, 0) is 43.0 Å². The van der Waals surface area contributed by atoms with E-state index in [0.717, 1.165) is 0 Å². The molecule has 0 unspecified atom stereocenters. The molecule has 19 heavy (non-hydrogen) atoms. The van der Waals surface area contributed by atoms with Crippen molar-refractivity contribution in [3.05, 3.63) is 40.4 Å². The molecular formula is C13H12ClN3OS. The Labute approximate surface area is 119 Å². The molecule has 2 amide bonds. The van der Waals surface area contributed by atoms with Gasteiger partial charge in [-0.2, -0.15) is 0 Å². The highest BCUT2D eigenvalue weighted by Crippen LogP contribution is 2.43. The van der Waals surface area contributed by atoms with Crippen LogP contribution in [0.3, 0.4) is 0 Å². The second-order valence-electron chi connectivity index (χ2n) is 4.43. The molecule has 2 N–H and O–H groups in total. The molecule has 1 heterocycles. The fourth-order valence-electron chi connectivity index (χ4n) is 1.69. The summed E-state index contributed by atoms with van der Waals surface area (Å²) in [6.45, 7) is 0. The van der Waals surface area contributed by atoms with E-state index >= 15 is 0 Å². The van der Waals surface area contributed by atoms with E-state index in [2.05, 4.69) is 15.6 Å². The SMILES string of the molecule is O=C(Nc1ccc(Cl)cc1)Nc1ncc(C2CC2)s1. The average molecular weight is 294 g/mol. The molecule has 0 bridgehead atoms. The van der Waals surface area contributed by atoms with Crippen molar-refractivity contribution in [1.29, 1.82) is 0 Å². The van der Waals surface area contributed by atoms with Gasteiger partial charge in [0.05, 0.1) is 0 Å². The highest BCUT2D eigenvalue weighted by atomic mass is 35.5. The molecule has 2 aromatic rings. The van der Waals surface area contributed by atoms with Crippen LogP contribution in [0, 0.1) is 0 Å². The zero-order valence-electron chi connectivity index (χ0n) is 10.0. The lowest BCUT2D eigenvalue weighted by molar-refractivity contribution is 0.262. The third-order valence-electron chi connectivity index (χ3n) is 2.83. The van der Waals surface area contributed by atoms with Crippen molar-refractivity contribution in [3.63, 3.8) is 0 Å². The quantitative estimate of drug-likeness (QED) is 0.885. The van der Waals surface area contributed by atoms with E-state index in [-0.39, 0.29) is 6.03 Å². The van der Waals surface area contributed by atoms with Crippen LogP contribution in [0.2, 0.25) is 5.02 Å². The molecule has 0 spiro atoms. The molecule has 4 nitrogen and oxygen atoms in total. The van der Waals surface area contributed by atoms with Gasteiger partial charge in [0.1, 0.15) is 0 Å². The smallest absolute Gasteiger partial charge is 0.308 e. The molecule has 0 saturated heterocycles. The van der Waals surface area contributed by atoms with Gasteiger partial charge in [-0.1, -0.05) is 11.6 Å². The van der Waals surface area contributed by atoms with Gasteiger partial charge in [-0.25, -0.2) is 9.78 Å². The Balaban J connectivity index is 1.59. The summed E-state index contributed by atoms with van der Waals surface area (Å²) in [5, 5.41) is 6.73. The maximum atomic E-state index is 11.8. The molecule has 6 heteroatoms. The maximum Gasteiger partial charge on any atom is 0.325 e. The summed E-state index contributed by atoms with van der Waals surface area (Å²) in [6, 6.07) is 6.66. The number of hydrogen-bond acceptors (Lipinski definition) is 3. The topological polar surface area (TPSA) is 54.0 Å². The summed E-state index contributed by atoms with van der Waals surface area (Å²) in [5.41, 5.74) is 0.695. The van der Waals surface area contributed by atoms with Crippen LogP contribution < -0.4 is 10.6 Å². The zero-order chi connectivity index (χ0) is 13.2. The number of benzene rings is 1. The van der Waals surface area contributed by atoms with Gasteiger partial charge in [-0.3, -0.25) is 5.32 Å². The molecule has 0 atom stereocenters. The van der Waals surface area contributed by atoms with E-state index in [1.807, 2.05) is 6.20 Å². The monoisotopic (exact) mass is 293 g/mol. The predicted molar refractivity (Wildman–Crippen MR) is 78.2 cm³/mol. The van der Waals surface area contributed by atoms with E-state index in [1.54, 1.807) is 35.6 Å². The molecular weight excluding hydrogens is 282 g/mol. The van der Waals surface area contributed by atoms with Crippen LogP contribution in [0.4, 0.5) is 15.6 Å². The highest BCUT2D eigenvalue weighted by molar-refractivity contribution is 7.15. The Morgan fingerprint density at radius 3 is 2.68 bits per heavy atom. The first-order chi connectivity index (χ1) is 9.20. The van der Waals surface area contributed by atoms with Gasteiger partial charge in [0.2, 0.25) is 0 Å². The summed E-state index contributed by atoms with van der Waals surface area (Å²) in [7, 11) is 0. The average Bonchev–Trinajstić information content (AvgIpc) is 3.14. The molecule has 3 rings (SSSR count). The fraction of sp³-hybridized carbons (Fsp3) is 0.231. The molecule has 0 radical (unpaired) electrons. The van der Waals surface area contributed by atoms with Crippen LogP contribution in [-0.4, -0.2) is 11.0 Å². The van der Waals surface area contributed by atoms with Crippen molar-refractivity contribution in [2.45, 2.75) is 18.8 Å². The van der Waals surface area contributed by atoms with E-state index in [4.69, 9.17) is 11.6 Å². The highest BCUT2D eigenvalue weighted by Gasteiger charge is 2.25. The summed E-state index contributed by atoms with van der Waals surface area (Å²) in [6.07, 6.45) is 4.32. The van der Waals surface area contributed by atoms with Gasteiger partial charge >= 0.3 is 6.03 Å². The van der Waals surface area contributed by atoms with Crippen molar-refractivity contribution in [1.82, 2.24) is 4.98 Å². The van der Waals surface area contributed by atoms with E-state index in [0.29, 0.717) is 21.8 Å². The Morgan fingerprint density at radius 2 is 2.00 bits per heavy atom. The second-order valence-corrected chi connectivity index (χ2v) is 5.93. The predicted octanol–water partition coefficient (Wildman–Crippen LogP) is 4.32. The van der Waals surface area contributed by atoms with Gasteiger partial charge < -0.3 is 5.32 Å². The number of amides is 2. The first kappa shape index (κ1) is 12.4. The molecule has 1 aromatic heterocycles. The number of nitrogens with one attached hydrogen (secondary N) is 2. The van der Waals surface area contributed by atoms with E-state index in [9.17, 15) is 4.79 Å². The van der Waals surface area contributed by atoms with Crippen LogP contribution >= 0.6 is 22.9 Å². The van der Waals surface area contributed by atoms with E-state index < -0.39 is 0 Å². The summed E-state index contributed by atoms with van der Waals surface area (Å²) < 4.78 is 0. The van der Waals surface area contributed by atoms with Crippen molar-refractivity contribution < 1.29 is 4.79 Å².